The maximum atomic E-state index is 14.6. The van der Waals surface area contributed by atoms with Gasteiger partial charge >= 0.3 is 0 Å². The molecule has 0 saturated carbocycles. The summed E-state index contributed by atoms with van der Waals surface area (Å²) in [5.41, 5.74) is 1.45. The van der Waals surface area contributed by atoms with Crippen molar-refractivity contribution in [3.05, 3.63) is 77.9 Å². The van der Waals surface area contributed by atoms with Gasteiger partial charge in [0.05, 0.1) is 23.2 Å². The van der Waals surface area contributed by atoms with Gasteiger partial charge in [0.1, 0.15) is 11.8 Å². The molecule has 0 aromatic heterocycles. The number of ether oxygens (including phenoxy) is 1. The highest BCUT2D eigenvalue weighted by Crippen LogP contribution is 2.65. The molecule has 1 N–H and O–H groups in total. The van der Waals surface area contributed by atoms with Crippen molar-refractivity contribution in [1.82, 2.24) is 4.90 Å². The van der Waals surface area contributed by atoms with Gasteiger partial charge in [-0.25, -0.2) is 0 Å². The van der Waals surface area contributed by atoms with Gasteiger partial charge in [0.25, 0.3) is 5.91 Å². The fraction of sp³-hybridized carbons (Fsp3) is 0.441. The van der Waals surface area contributed by atoms with Gasteiger partial charge in [-0.2, -0.15) is 0 Å². The molecule has 44 heavy (non-hydrogen) atoms. The molecule has 8 nitrogen and oxygen atoms in total. The van der Waals surface area contributed by atoms with Crippen LogP contribution in [0.3, 0.4) is 0 Å². The second kappa shape index (κ2) is 12.3. The zero-order valence-electron chi connectivity index (χ0n) is 25.0. The number of hydrogen-bond donors (Lipinski definition) is 1. The molecule has 10 heteroatoms. The molecule has 4 aliphatic rings. The zero-order chi connectivity index (χ0) is 31.1. The number of nitrogens with zero attached hydrogens (tertiary/aromatic N) is 3. The van der Waals surface area contributed by atoms with E-state index in [4.69, 9.17) is 16.3 Å². The van der Waals surface area contributed by atoms with Crippen LogP contribution in [0, 0.1) is 11.8 Å². The standard InChI is InChI=1S/C34H38ClN3O5S/c1-3-43-26-15-13-25(14-16-26)36-20-7-17-33(2)27(30(36)40)28-31(41)38(19-5-4-6-22-39)29-32(42)37(21-8-18-34(28,29)44-33)24-11-9-23(35)10-12-24/h7-18,27-29,39H,3-6,19-22H2,1-2H3/t27-,28+,29?,33+,34+/m1/s1. The molecule has 0 bridgehead atoms. The van der Waals surface area contributed by atoms with E-state index in [9.17, 15) is 19.5 Å². The first-order chi connectivity index (χ1) is 21.2. The molecule has 5 atom stereocenters. The van der Waals surface area contributed by atoms with Crippen molar-refractivity contribution < 1.29 is 24.2 Å². The molecule has 2 fully saturated rings. The summed E-state index contributed by atoms with van der Waals surface area (Å²) in [6.45, 7) is 5.70. The molecule has 0 aliphatic carbocycles. The Morgan fingerprint density at radius 1 is 0.864 bits per heavy atom. The van der Waals surface area contributed by atoms with Crippen molar-refractivity contribution in [2.75, 3.05) is 42.6 Å². The Morgan fingerprint density at radius 3 is 2.16 bits per heavy atom. The molecule has 2 aromatic rings. The lowest BCUT2D eigenvalue weighted by Gasteiger charge is -2.37. The molecule has 4 aliphatic heterocycles. The zero-order valence-corrected chi connectivity index (χ0v) is 26.6. The van der Waals surface area contributed by atoms with Gasteiger partial charge in [-0.05, 0) is 81.6 Å². The number of carbonyl (C=O) groups is 3. The Bertz CT molecular complexity index is 1480. The number of aliphatic hydroxyl groups excluding tert-OH is 1. The van der Waals surface area contributed by atoms with Crippen LogP contribution in [0.4, 0.5) is 11.4 Å². The number of anilines is 2. The van der Waals surface area contributed by atoms with Crippen LogP contribution < -0.4 is 14.5 Å². The molecule has 6 rings (SSSR count). The number of rotatable bonds is 9. The Balaban J connectivity index is 1.41. The Morgan fingerprint density at radius 2 is 1.50 bits per heavy atom. The van der Waals surface area contributed by atoms with E-state index in [1.165, 1.54) is 0 Å². The Kier molecular flexibility index (Phi) is 8.56. The number of amides is 3. The quantitative estimate of drug-likeness (QED) is 0.305. The fourth-order valence-corrected chi connectivity index (χ4v) is 9.59. The van der Waals surface area contributed by atoms with E-state index in [-0.39, 0.29) is 24.3 Å². The van der Waals surface area contributed by atoms with Crippen molar-refractivity contribution in [2.24, 2.45) is 11.8 Å². The number of benzene rings is 2. The van der Waals surface area contributed by atoms with Crippen molar-refractivity contribution >= 4 is 52.5 Å². The summed E-state index contributed by atoms with van der Waals surface area (Å²) < 4.78 is 3.99. The number of unbranched alkanes of at least 4 members (excludes halogenated alkanes) is 2. The van der Waals surface area contributed by atoms with E-state index < -0.39 is 27.4 Å². The Labute approximate surface area is 267 Å². The number of hydrogen-bond acceptors (Lipinski definition) is 6. The van der Waals surface area contributed by atoms with Crippen LogP contribution in [0.2, 0.25) is 5.02 Å². The largest absolute Gasteiger partial charge is 0.494 e. The highest BCUT2D eigenvalue weighted by atomic mass is 35.5. The minimum atomic E-state index is -0.923. The number of thioether (sulfide) groups is 1. The van der Waals surface area contributed by atoms with Gasteiger partial charge in [-0.1, -0.05) is 35.9 Å². The smallest absolute Gasteiger partial charge is 0.251 e. The van der Waals surface area contributed by atoms with Crippen LogP contribution in [0.5, 0.6) is 5.75 Å². The monoisotopic (exact) mass is 635 g/mol. The third kappa shape index (κ3) is 5.12. The predicted octanol–water partition coefficient (Wildman–Crippen LogP) is 5.09. The third-order valence-corrected chi connectivity index (χ3v) is 11.3. The average Bonchev–Trinajstić information content (AvgIpc) is 3.27. The summed E-state index contributed by atoms with van der Waals surface area (Å²) in [6.07, 6.45) is 10.1. The van der Waals surface area contributed by atoms with Crippen LogP contribution >= 0.6 is 23.4 Å². The highest BCUT2D eigenvalue weighted by molar-refractivity contribution is 8.02. The molecule has 3 amide bonds. The first-order valence-electron chi connectivity index (χ1n) is 15.3. The SMILES string of the molecule is CCOc1ccc(N2CC=C[C@]3(C)S[C@]45C=CCN(c6ccc(Cl)cc6)C(=O)C4N(CCCCCO)C(=O)[C@@H]5[C@@H]3C2=O)cc1. The lowest BCUT2D eigenvalue weighted by Crippen LogP contribution is -2.53. The summed E-state index contributed by atoms with van der Waals surface area (Å²) in [6, 6.07) is 13.8. The molecule has 232 valence electrons. The van der Waals surface area contributed by atoms with Gasteiger partial charge in [-0.15, -0.1) is 11.8 Å². The minimum Gasteiger partial charge on any atom is -0.494 e. The first kappa shape index (κ1) is 30.7. The van der Waals surface area contributed by atoms with E-state index in [0.717, 1.165) is 17.9 Å². The van der Waals surface area contributed by atoms with Gasteiger partial charge in [0, 0.05) is 47.4 Å². The lowest BCUT2D eigenvalue weighted by molar-refractivity contribution is -0.139. The van der Waals surface area contributed by atoms with Gasteiger partial charge in [0.2, 0.25) is 11.8 Å². The predicted molar refractivity (Wildman–Crippen MR) is 174 cm³/mol. The van der Waals surface area contributed by atoms with Crippen LogP contribution in [-0.4, -0.2) is 76.1 Å². The lowest BCUT2D eigenvalue weighted by atomic mass is 9.74. The minimum absolute atomic E-state index is 0.0778. The van der Waals surface area contributed by atoms with Crippen LogP contribution in [0.15, 0.2) is 72.8 Å². The normalized spacial score (nSPS) is 29.4. The molecular weight excluding hydrogens is 598 g/mol. The van der Waals surface area contributed by atoms with Crippen molar-refractivity contribution in [3.63, 3.8) is 0 Å². The molecule has 2 saturated heterocycles. The number of aliphatic hydroxyl groups is 1. The maximum absolute atomic E-state index is 14.6. The molecule has 1 spiro atoms. The Hall–Kier alpha value is -3.27. The molecular formula is C34H38ClN3O5S. The second-order valence-electron chi connectivity index (χ2n) is 11.9. The molecule has 4 heterocycles. The summed E-state index contributed by atoms with van der Waals surface area (Å²) in [5.74, 6) is -1.10. The summed E-state index contributed by atoms with van der Waals surface area (Å²) in [7, 11) is 0. The van der Waals surface area contributed by atoms with E-state index >= 15 is 0 Å². The fourth-order valence-electron chi connectivity index (χ4n) is 7.31. The third-order valence-electron chi connectivity index (χ3n) is 9.21. The molecule has 1 unspecified atom stereocenters. The maximum Gasteiger partial charge on any atom is 0.251 e. The highest BCUT2D eigenvalue weighted by Gasteiger charge is 2.73. The van der Waals surface area contributed by atoms with Crippen LogP contribution in [-0.2, 0) is 14.4 Å². The topological polar surface area (TPSA) is 90.4 Å². The van der Waals surface area contributed by atoms with Gasteiger partial charge in [0.15, 0.2) is 0 Å². The van der Waals surface area contributed by atoms with Gasteiger partial charge in [-0.3, -0.25) is 14.4 Å². The summed E-state index contributed by atoms with van der Waals surface area (Å²) >= 11 is 7.73. The first-order valence-corrected chi connectivity index (χ1v) is 16.5. The molecule has 0 radical (unpaired) electrons. The van der Waals surface area contributed by atoms with Crippen LogP contribution in [0.1, 0.15) is 33.1 Å². The van der Waals surface area contributed by atoms with E-state index in [1.807, 2.05) is 68.5 Å². The summed E-state index contributed by atoms with van der Waals surface area (Å²) in [4.78, 5) is 49.0. The number of halogens is 1. The molecule has 2 aromatic carbocycles. The van der Waals surface area contributed by atoms with E-state index in [1.54, 1.807) is 38.6 Å². The number of likely N-dealkylation sites (tertiary alicyclic amines) is 1. The second-order valence-corrected chi connectivity index (χ2v) is 14.1. The summed E-state index contributed by atoms with van der Waals surface area (Å²) in [5, 5.41) is 9.92. The van der Waals surface area contributed by atoms with Crippen LogP contribution in [0.25, 0.3) is 0 Å². The number of carbonyl (C=O) groups excluding carboxylic acids is 3. The van der Waals surface area contributed by atoms with Crippen molar-refractivity contribution in [1.29, 1.82) is 0 Å². The average molecular weight is 636 g/mol. The number of fused-ring (bicyclic) bond motifs is 2. The van der Waals surface area contributed by atoms with Crippen molar-refractivity contribution in [2.45, 2.75) is 48.6 Å². The van der Waals surface area contributed by atoms with E-state index in [0.29, 0.717) is 49.8 Å². The van der Waals surface area contributed by atoms with Gasteiger partial charge < -0.3 is 24.5 Å². The van der Waals surface area contributed by atoms with Crippen molar-refractivity contribution in [3.8, 4) is 5.75 Å². The van der Waals surface area contributed by atoms with E-state index in [2.05, 4.69) is 6.08 Å².